The second-order valence-corrected chi connectivity index (χ2v) is 11.2. The fourth-order valence-electron chi connectivity index (χ4n) is 5.17. The van der Waals surface area contributed by atoms with Gasteiger partial charge in [-0.2, -0.15) is 0 Å². The van der Waals surface area contributed by atoms with Crippen molar-refractivity contribution in [1.29, 1.82) is 0 Å². The van der Waals surface area contributed by atoms with E-state index in [-0.39, 0.29) is 41.4 Å². The number of aromatic hydroxyl groups is 1. The minimum atomic E-state index is -1.03. The maximum Gasteiger partial charge on any atom is 0.308 e. The molecule has 4 bridgehead atoms. The molecule has 230 valence electrons. The van der Waals surface area contributed by atoms with Gasteiger partial charge >= 0.3 is 5.97 Å². The fraction of sp³-hybridized carbons (Fsp3) is 0.452. The first-order valence-electron chi connectivity index (χ1n) is 14.3. The van der Waals surface area contributed by atoms with Crippen molar-refractivity contribution in [2.75, 3.05) is 20.2 Å². The van der Waals surface area contributed by atoms with E-state index in [1.807, 2.05) is 0 Å². The summed E-state index contributed by atoms with van der Waals surface area (Å²) in [5.41, 5.74) is 0.676. The van der Waals surface area contributed by atoms with Gasteiger partial charge in [0.15, 0.2) is 0 Å². The predicted octanol–water partition coefficient (Wildman–Crippen LogP) is 1.90. The van der Waals surface area contributed by atoms with Gasteiger partial charge in [-0.1, -0.05) is 26.0 Å². The summed E-state index contributed by atoms with van der Waals surface area (Å²) in [6.45, 7) is 5.66. The first-order valence-corrected chi connectivity index (χ1v) is 14.3. The smallest absolute Gasteiger partial charge is 0.308 e. The van der Waals surface area contributed by atoms with Crippen LogP contribution in [0, 0.1) is 11.8 Å². The summed E-state index contributed by atoms with van der Waals surface area (Å²) in [7, 11) is 1.34. The summed E-state index contributed by atoms with van der Waals surface area (Å²) in [5.74, 6) is -2.63. The van der Waals surface area contributed by atoms with Gasteiger partial charge in [-0.05, 0) is 61.6 Å². The number of piperidine rings is 1. The Bertz CT molecular complexity index is 1370. The summed E-state index contributed by atoms with van der Waals surface area (Å²) >= 11 is 0. The highest BCUT2D eigenvalue weighted by molar-refractivity contribution is 6.00. The monoisotopic (exact) mass is 594 g/mol. The molecule has 3 heterocycles. The number of amides is 4. The number of nitrogens with zero attached hydrogens (tertiary/aromatic N) is 1. The molecule has 3 atom stereocenters. The van der Waals surface area contributed by atoms with Gasteiger partial charge in [-0.25, -0.2) is 0 Å². The number of carbonyl (C=O) groups excluding carboxylic acids is 5. The number of carbonyl (C=O) groups is 5. The number of esters is 1. The van der Waals surface area contributed by atoms with E-state index < -0.39 is 35.8 Å². The molecule has 0 saturated carbocycles. The molecule has 3 aliphatic heterocycles. The van der Waals surface area contributed by atoms with E-state index in [0.717, 1.165) is 5.56 Å². The summed E-state index contributed by atoms with van der Waals surface area (Å²) in [4.78, 5) is 66.9. The second-order valence-electron chi connectivity index (χ2n) is 11.2. The SMILES string of the molecule is COC(=O)C1CCN(C(=O)[C@H]2Cc3ccc(cc3)Oc3ccc(O)c(c3)C(=O)N[C@@H](C(C)C)C(=O)N[C@@H](C)C(=O)N2)CC1. The third kappa shape index (κ3) is 7.62. The van der Waals surface area contributed by atoms with Gasteiger partial charge in [0.25, 0.3) is 5.91 Å². The second kappa shape index (κ2) is 13.6. The highest BCUT2D eigenvalue weighted by atomic mass is 16.5. The van der Waals surface area contributed by atoms with Crippen molar-refractivity contribution in [2.45, 2.75) is 58.2 Å². The lowest BCUT2D eigenvalue weighted by Crippen LogP contribution is -2.58. The Morgan fingerprint density at radius 1 is 0.953 bits per heavy atom. The largest absolute Gasteiger partial charge is 0.507 e. The van der Waals surface area contributed by atoms with Gasteiger partial charge in [0.1, 0.15) is 35.4 Å². The maximum absolute atomic E-state index is 13.7. The van der Waals surface area contributed by atoms with Crippen LogP contribution in [-0.2, 0) is 30.3 Å². The van der Waals surface area contributed by atoms with Crippen LogP contribution in [0.1, 0.15) is 49.5 Å². The van der Waals surface area contributed by atoms with E-state index in [2.05, 4.69) is 16.0 Å². The van der Waals surface area contributed by atoms with Crippen LogP contribution in [0.15, 0.2) is 42.5 Å². The molecule has 1 fully saturated rings. The lowest BCUT2D eigenvalue weighted by molar-refractivity contribution is -0.149. The third-order valence-corrected chi connectivity index (χ3v) is 7.76. The van der Waals surface area contributed by atoms with Crippen LogP contribution in [0.25, 0.3) is 0 Å². The molecule has 5 rings (SSSR count). The number of ether oxygens (including phenoxy) is 2. The molecule has 12 heteroatoms. The fourth-order valence-corrected chi connectivity index (χ4v) is 5.17. The molecule has 3 aliphatic rings. The van der Waals surface area contributed by atoms with Gasteiger partial charge in [0.2, 0.25) is 17.7 Å². The average molecular weight is 595 g/mol. The molecule has 2 aromatic carbocycles. The Hall–Kier alpha value is -4.61. The number of phenols is 1. The van der Waals surface area contributed by atoms with Crippen molar-refractivity contribution in [1.82, 2.24) is 20.9 Å². The predicted molar refractivity (Wildman–Crippen MR) is 155 cm³/mol. The normalized spacial score (nSPS) is 22.0. The first-order chi connectivity index (χ1) is 20.5. The Balaban J connectivity index is 1.63. The van der Waals surface area contributed by atoms with Gasteiger partial charge in [0, 0.05) is 19.5 Å². The van der Waals surface area contributed by atoms with Crippen LogP contribution >= 0.6 is 0 Å². The van der Waals surface area contributed by atoms with Crippen LogP contribution < -0.4 is 20.7 Å². The Labute approximate surface area is 250 Å². The molecule has 0 spiro atoms. The zero-order valence-corrected chi connectivity index (χ0v) is 24.7. The number of hydrogen-bond acceptors (Lipinski definition) is 8. The molecule has 0 aromatic heterocycles. The first kappa shape index (κ1) is 31.3. The number of benzene rings is 2. The van der Waals surface area contributed by atoms with E-state index in [0.29, 0.717) is 37.4 Å². The summed E-state index contributed by atoms with van der Waals surface area (Å²) in [6.07, 6.45) is 1.09. The van der Waals surface area contributed by atoms with Gasteiger partial charge < -0.3 is 35.4 Å². The quantitative estimate of drug-likeness (QED) is 0.309. The minimum Gasteiger partial charge on any atom is -0.507 e. The topological polar surface area (TPSA) is 163 Å². The summed E-state index contributed by atoms with van der Waals surface area (Å²) in [5, 5.41) is 18.4. The molecule has 4 amide bonds. The Morgan fingerprint density at radius 2 is 1.60 bits per heavy atom. The molecule has 4 N–H and O–H groups in total. The van der Waals surface area contributed by atoms with Crippen molar-refractivity contribution in [3.8, 4) is 17.2 Å². The molecule has 2 aromatic rings. The van der Waals surface area contributed by atoms with E-state index in [1.165, 1.54) is 32.2 Å². The van der Waals surface area contributed by atoms with Crippen LogP contribution in [0.2, 0.25) is 0 Å². The van der Waals surface area contributed by atoms with Crippen molar-refractivity contribution in [3.05, 3.63) is 53.6 Å². The van der Waals surface area contributed by atoms with Crippen molar-refractivity contribution in [2.24, 2.45) is 11.8 Å². The Morgan fingerprint density at radius 3 is 2.23 bits per heavy atom. The van der Waals surface area contributed by atoms with Gasteiger partial charge in [-0.15, -0.1) is 0 Å². The van der Waals surface area contributed by atoms with E-state index in [4.69, 9.17) is 9.47 Å². The maximum atomic E-state index is 13.7. The molecular formula is C31H38N4O8. The lowest BCUT2D eigenvalue weighted by Gasteiger charge is -2.34. The van der Waals surface area contributed by atoms with Crippen molar-refractivity contribution < 1.29 is 38.6 Å². The van der Waals surface area contributed by atoms with Crippen LogP contribution in [0.5, 0.6) is 17.2 Å². The number of nitrogens with one attached hydrogen (secondary N) is 3. The van der Waals surface area contributed by atoms with Crippen LogP contribution in [0.3, 0.4) is 0 Å². The molecule has 0 aliphatic carbocycles. The van der Waals surface area contributed by atoms with E-state index in [9.17, 15) is 29.1 Å². The van der Waals surface area contributed by atoms with Gasteiger partial charge in [-0.3, -0.25) is 24.0 Å². The van der Waals surface area contributed by atoms with Gasteiger partial charge in [0.05, 0.1) is 18.6 Å². The zero-order valence-electron chi connectivity index (χ0n) is 24.7. The average Bonchev–Trinajstić information content (AvgIpc) is 2.99. The third-order valence-electron chi connectivity index (χ3n) is 7.76. The molecular weight excluding hydrogens is 556 g/mol. The summed E-state index contributed by atoms with van der Waals surface area (Å²) < 4.78 is 10.7. The van der Waals surface area contributed by atoms with E-state index >= 15 is 0 Å². The number of hydrogen-bond donors (Lipinski definition) is 4. The summed E-state index contributed by atoms with van der Waals surface area (Å²) in [6, 6.07) is 8.17. The lowest BCUT2D eigenvalue weighted by atomic mass is 9.95. The highest BCUT2D eigenvalue weighted by Gasteiger charge is 2.34. The molecule has 0 radical (unpaired) electrons. The molecule has 0 unspecified atom stereocenters. The number of phenolic OH excluding ortho intramolecular Hbond substituents is 1. The standard InChI is InChI=1S/C31H38N4O8/c1-17(2)26-29(39)32-18(3)27(37)33-24(30(40)35-13-11-20(12-14-35)31(41)42-4)15-19-5-7-21(8-6-19)43-22-9-10-25(36)23(16-22)28(38)34-26/h5-10,16-18,20,24,26,36H,11-15H2,1-4H3,(H,32,39)(H,33,37)(H,34,38)/t18-,24+,26-/m0/s1. The minimum absolute atomic E-state index is 0.0727. The molecule has 12 nitrogen and oxygen atoms in total. The molecule has 43 heavy (non-hydrogen) atoms. The zero-order chi connectivity index (χ0) is 31.3. The highest BCUT2D eigenvalue weighted by Crippen LogP contribution is 2.28. The number of likely N-dealkylation sites (tertiary alicyclic amines) is 1. The van der Waals surface area contributed by atoms with Crippen molar-refractivity contribution >= 4 is 29.6 Å². The number of rotatable bonds is 3. The van der Waals surface area contributed by atoms with Crippen molar-refractivity contribution in [3.63, 3.8) is 0 Å². The molecule has 1 saturated heterocycles. The number of methoxy groups -OCH3 is 1. The van der Waals surface area contributed by atoms with E-state index in [1.54, 1.807) is 43.0 Å². The number of fused-ring (bicyclic) bond motifs is 11. The van der Waals surface area contributed by atoms with Crippen LogP contribution in [0.4, 0.5) is 0 Å². The Kier molecular flexibility index (Phi) is 9.89. The van der Waals surface area contributed by atoms with Crippen LogP contribution in [-0.4, -0.2) is 77.9 Å².